The number of nitrogens with one attached hydrogen (secondary N) is 1. The maximum atomic E-state index is 11.9. The van der Waals surface area contributed by atoms with Crippen LogP contribution < -0.4 is 11.1 Å². The van der Waals surface area contributed by atoms with Crippen molar-refractivity contribution in [3.8, 4) is 0 Å². The molecule has 0 radical (unpaired) electrons. The molecule has 0 spiro atoms. The molecule has 1 rings (SSSR count). The first-order valence-corrected chi connectivity index (χ1v) is 4.81. The van der Waals surface area contributed by atoms with Crippen molar-refractivity contribution in [3.63, 3.8) is 0 Å². The predicted octanol–water partition coefficient (Wildman–Crippen LogP) is 0.334. The van der Waals surface area contributed by atoms with E-state index >= 15 is 0 Å². The van der Waals surface area contributed by atoms with Crippen LogP contribution in [0.3, 0.4) is 0 Å². The Hall–Kier alpha value is -1.16. The van der Waals surface area contributed by atoms with Crippen molar-refractivity contribution in [1.29, 1.82) is 0 Å². The molecule has 14 heavy (non-hydrogen) atoms. The van der Waals surface area contributed by atoms with E-state index < -0.39 is 5.41 Å². The summed E-state index contributed by atoms with van der Waals surface area (Å²) in [6.07, 6.45) is 2.78. The van der Waals surface area contributed by atoms with Gasteiger partial charge in [0.1, 0.15) is 5.41 Å². The molecular weight excluding hydrogens is 180 g/mol. The van der Waals surface area contributed by atoms with Gasteiger partial charge >= 0.3 is 0 Å². The molecule has 1 aliphatic rings. The molecule has 4 heteroatoms. The van der Waals surface area contributed by atoms with Crippen molar-refractivity contribution < 1.29 is 9.59 Å². The number of nitrogens with two attached hydrogens (primary N) is 1. The van der Waals surface area contributed by atoms with Gasteiger partial charge in [0.15, 0.2) is 5.78 Å². The summed E-state index contributed by atoms with van der Waals surface area (Å²) in [7, 11) is 0. The van der Waals surface area contributed by atoms with Gasteiger partial charge in [-0.1, -0.05) is 13.3 Å². The highest BCUT2D eigenvalue weighted by molar-refractivity contribution is 6.15. The van der Waals surface area contributed by atoms with Gasteiger partial charge in [0.25, 0.3) is 0 Å². The van der Waals surface area contributed by atoms with Crippen molar-refractivity contribution in [2.45, 2.75) is 26.7 Å². The fourth-order valence-corrected chi connectivity index (χ4v) is 1.71. The third-order valence-corrected chi connectivity index (χ3v) is 2.64. The Balaban J connectivity index is 3.01. The summed E-state index contributed by atoms with van der Waals surface area (Å²) < 4.78 is 0. The number of carbonyl (C=O) groups excluding carboxylic acids is 2. The fourth-order valence-electron chi connectivity index (χ4n) is 1.71. The number of rotatable bonds is 3. The molecule has 0 aromatic carbocycles. The van der Waals surface area contributed by atoms with Crippen LogP contribution in [-0.4, -0.2) is 18.2 Å². The number of amides is 1. The van der Waals surface area contributed by atoms with E-state index in [1.165, 1.54) is 6.20 Å². The summed E-state index contributed by atoms with van der Waals surface area (Å²) in [5, 5.41) is 2.59. The molecule has 4 nitrogen and oxygen atoms in total. The lowest BCUT2D eigenvalue weighted by Crippen LogP contribution is -2.48. The molecule has 0 bridgehead atoms. The maximum Gasteiger partial charge on any atom is 0.237 e. The second-order valence-corrected chi connectivity index (χ2v) is 3.76. The lowest BCUT2D eigenvalue weighted by atomic mass is 9.76. The van der Waals surface area contributed by atoms with E-state index in [1.54, 1.807) is 6.92 Å². The Labute approximate surface area is 83.5 Å². The Morgan fingerprint density at radius 1 is 1.50 bits per heavy atom. The van der Waals surface area contributed by atoms with E-state index in [1.807, 2.05) is 6.92 Å². The number of ketones is 1. The number of carbonyl (C=O) groups is 2. The van der Waals surface area contributed by atoms with Crippen molar-refractivity contribution in [1.82, 2.24) is 5.32 Å². The number of hydrogen-bond donors (Lipinski definition) is 2. The minimum absolute atomic E-state index is 0.134. The van der Waals surface area contributed by atoms with Crippen molar-refractivity contribution in [2.24, 2.45) is 11.1 Å². The molecule has 0 fully saturated rings. The molecule has 1 unspecified atom stereocenters. The topological polar surface area (TPSA) is 72.2 Å². The third kappa shape index (κ3) is 1.57. The molecule has 1 heterocycles. The molecule has 1 atom stereocenters. The van der Waals surface area contributed by atoms with Crippen molar-refractivity contribution in [2.75, 3.05) is 6.54 Å². The lowest BCUT2D eigenvalue weighted by Gasteiger charge is -2.30. The van der Waals surface area contributed by atoms with Crippen LogP contribution in [0.2, 0.25) is 0 Å². The second kappa shape index (κ2) is 3.92. The maximum absolute atomic E-state index is 11.9. The minimum Gasteiger partial charge on any atom is -0.331 e. The van der Waals surface area contributed by atoms with Crippen molar-refractivity contribution in [3.05, 3.63) is 11.8 Å². The van der Waals surface area contributed by atoms with E-state index in [0.717, 1.165) is 6.42 Å². The zero-order valence-electron chi connectivity index (χ0n) is 8.59. The van der Waals surface area contributed by atoms with Crippen LogP contribution in [0.1, 0.15) is 26.7 Å². The van der Waals surface area contributed by atoms with Gasteiger partial charge in [0.05, 0.1) is 0 Å². The molecule has 0 aliphatic carbocycles. The first-order chi connectivity index (χ1) is 6.56. The normalized spacial score (nSPS) is 27.2. The van der Waals surface area contributed by atoms with Crippen LogP contribution in [0.15, 0.2) is 11.8 Å². The average Bonchev–Trinajstić information content (AvgIpc) is 2.16. The summed E-state index contributed by atoms with van der Waals surface area (Å²) in [6.45, 7) is 3.81. The number of Topliss-reactive ketones (excluding diaryl/α,β-unsaturated/α-hetero) is 1. The van der Waals surface area contributed by atoms with Crippen LogP contribution in [0.25, 0.3) is 0 Å². The molecule has 78 valence electrons. The van der Waals surface area contributed by atoms with Crippen LogP contribution >= 0.6 is 0 Å². The van der Waals surface area contributed by atoms with E-state index in [2.05, 4.69) is 5.32 Å². The zero-order valence-corrected chi connectivity index (χ0v) is 8.59. The number of hydrogen-bond acceptors (Lipinski definition) is 3. The summed E-state index contributed by atoms with van der Waals surface area (Å²) in [5.74, 6) is -0.354. The molecule has 0 aromatic heterocycles. The van der Waals surface area contributed by atoms with Gasteiger partial charge in [-0.05, 0) is 13.3 Å². The Morgan fingerprint density at radius 2 is 2.14 bits per heavy atom. The van der Waals surface area contributed by atoms with Gasteiger partial charge in [-0.25, -0.2) is 0 Å². The quantitative estimate of drug-likeness (QED) is 0.639. The average molecular weight is 196 g/mol. The van der Waals surface area contributed by atoms with Crippen LogP contribution in [0, 0.1) is 5.41 Å². The SMILES string of the molecule is CCCC1(C)C(=O)NC=C(CN)C1=O. The van der Waals surface area contributed by atoms with Gasteiger partial charge in [0.2, 0.25) is 5.91 Å². The van der Waals surface area contributed by atoms with Gasteiger partial charge in [0, 0.05) is 18.3 Å². The predicted molar refractivity (Wildman–Crippen MR) is 53.3 cm³/mol. The summed E-state index contributed by atoms with van der Waals surface area (Å²) in [6, 6.07) is 0. The van der Waals surface area contributed by atoms with Crippen molar-refractivity contribution >= 4 is 11.7 Å². The highest BCUT2D eigenvalue weighted by Crippen LogP contribution is 2.30. The van der Waals surface area contributed by atoms with Crippen LogP contribution in [-0.2, 0) is 9.59 Å². The molecule has 3 N–H and O–H groups in total. The van der Waals surface area contributed by atoms with E-state index in [4.69, 9.17) is 5.73 Å². The molecule has 0 saturated carbocycles. The molecule has 0 saturated heterocycles. The van der Waals surface area contributed by atoms with E-state index in [9.17, 15) is 9.59 Å². The second-order valence-electron chi connectivity index (χ2n) is 3.76. The fraction of sp³-hybridized carbons (Fsp3) is 0.600. The Kier molecular flexibility index (Phi) is 3.06. The smallest absolute Gasteiger partial charge is 0.237 e. The van der Waals surface area contributed by atoms with E-state index in [-0.39, 0.29) is 18.2 Å². The third-order valence-electron chi connectivity index (χ3n) is 2.64. The minimum atomic E-state index is -0.918. The molecule has 0 aromatic rings. The first-order valence-electron chi connectivity index (χ1n) is 4.81. The zero-order chi connectivity index (χ0) is 10.8. The highest BCUT2D eigenvalue weighted by atomic mass is 16.2. The summed E-state index contributed by atoms with van der Waals surface area (Å²) in [5.41, 5.74) is 5.00. The lowest BCUT2D eigenvalue weighted by molar-refractivity contribution is -0.140. The van der Waals surface area contributed by atoms with E-state index in [0.29, 0.717) is 12.0 Å². The monoisotopic (exact) mass is 196 g/mol. The van der Waals surface area contributed by atoms with Crippen LogP contribution in [0.5, 0.6) is 0 Å². The first kappa shape index (κ1) is 10.9. The van der Waals surface area contributed by atoms with Gasteiger partial charge in [-0.15, -0.1) is 0 Å². The Bertz CT molecular complexity index is 296. The standard InChI is InChI=1S/C10H16N2O2/c1-3-4-10(2)8(13)7(5-11)6-12-9(10)14/h6H,3-5,11H2,1-2H3,(H,12,14). The molecular formula is C10H16N2O2. The van der Waals surface area contributed by atoms with Gasteiger partial charge < -0.3 is 11.1 Å². The van der Waals surface area contributed by atoms with Gasteiger partial charge in [-0.2, -0.15) is 0 Å². The van der Waals surface area contributed by atoms with Crippen LogP contribution in [0.4, 0.5) is 0 Å². The molecule has 1 amide bonds. The summed E-state index contributed by atoms with van der Waals surface area (Å²) >= 11 is 0. The summed E-state index contributed by atoms with van der Waals surface area (Å²) in [4.78, 5) is 23.4. The highest BCUT2D eigenvalue weighted by Gasteiger charge is 2.43. The largest absolute Gasteiger partial charge is 0.331 e. The van der Waals surface area contributed by atoms with Gasteiger partial charge in [-0.3, -0.25) is 9.59 Å². The Morgan fingerprint density at radius 3 is 2.64 bits per heavy atom. The molecule has 1 aliphatic heterocycles.